The number of carbonyl (C=O) groups is 1. The number of carbonyl (C=O) groups excluding carboxylic acids is 1. The van der Waals surface area contributed by atoms with Gasteiger partial charge in [0.15, 0.2) is 17.3 Å². The first-order valence-corrected chi connectivity index (χ1v) is 5.70. The van der Waals surface area contributed by atoms with Crippen molar-refractivity contribution in [3.05, 3.63) is 17.7 Å². The Morgan fingerprint density at radius 2 is 1.39 bits per heavy atom. The zero-order valence-electron chi connectivity index (χ0n) is 11.8. The summed E-state index contributed by atoms with van der Waals surface area (Å²) >= 11 is 0. The van der Waals surface area contributed by atoms with Crippen molar-refractivity contribution in [3.8, 4) is 17.2 Å². The minimum absolute atomic E-state index is 0.0294. The third-order valence-electron chi connectivity index (χ3n) is 2.61. The predicted molar refractivity (Wildman–Crippen MR) is 69.9 cm³/mol. The van der Waals surface area contributed by atoms with Gasteiger partial charge in [-0.1, -0.05) is 20.8 Å². The molecule has 0 heterocycles. The standard InChI is InChI=1S/C14H20O4/c1-14(2,3)13(15)9-7-10(16-4)12(18-6)11(8-9)17-5/h7-8H,1-6H3. The van der Waals surface area contributed by atoms with Crippen LogP contribution >= 0.6 is 0 Å². The fourth-order valence-electron chi connectivity index (χ4n) is 1.65. The van der Waals surface area contributed by atoms with Crippen LogP contribution < -0.4 is 14.2 Å². The molecule has 0 aliphatic carbocycles. The van der Waals surface area contributed by atoms with Crippen LogP contribution in [-0.2, 0) is 0 Å². The molecule has 0 N–H and O–H groups in total. The highest BCUT2D eigenvalue weighted by atomic mass is 16.5. The van der Waals surface area contributed by atoms with Crippen molar-refractivity contribution in [2.75, 3.05) is 21.3 Å². The summed E-state index contributed by atoms with van der Waals surface area (Å²) in [6.45, 7) is 5.62. The molecular formula is C14H20O4. The Morgan fingerprint density at radius 3 is 1.67 bits per heavy atom. The van der Waals surface area contributed by atoms with Gasteiger partial charge in [0.1, 0.15) is 0 Å². The zero-order chi connectivity index (χ0) is 13.9. The van der Waals surface area contributed by atoms with Crippen molar-refractivity contribution in [1.82, 2.24) is 0 Å². The highest BCUT2D eigenvalue weighted by Gasteiger charge is 2.25. The van der Waals surface area contributed by atoms with E-state index in [-0.39, 0.29) is 5.78 Å². The third-order valence-corrected chi connectivity index (χ3v) is 2.61. The van der Waals surface area contributed by atoms with E-state index in [2.05, 4.69) is 0 Å². The minimum atomic E-state index is -0.454. The maximum atomic E-state index is 12.3. The summed E-state index contributed by atoms with van der Waals surface area (Å²) in [4.78, 5) is 12.3. The van der Waals surface area contributed by atoms with E-state index >= 15 is 0 Å². The van der Waals surface area contributed by atoms with Crippen LogP contribution in [0.3, 0.4) is 0 Å². The number of ether oxygens (including phenoxy) is 3. The second-order valence-electron chi connectivity index (χ2n) is 4.99. The van der Waals surface area contributed by atoms with Gasteiger partial charge in [-0.15, -0.1) is 0 Å². The van der Waals surface area contributed by atoms with Crippen molar-refractivity contribution >= 4 is 5.78 Å². The van der Waals surface area contributed by atoms with E-state index in [9.17, 15) is 4.79 Å². The molecule has 4 heteroatoms. The van der Waals surface area contributed by atoms with Crippen LogP contribution in [-0.4, -0.2) is 27.1 Å². The number of hydrogen-bond donors (Lipinski definition) is 0. The van der Waals surface area contributed by atoms with Gasteiger partial charge in [0.2, 0.25) is 5.75 Å². The summed E-state index contributed by atoms with van der Waals surface area (Å²) in [5, 5.41) is 0. The van der Waals surface area contributed by atoms with E-state index < -0.39 is 5.41 Å². The first kappa shape index (κ1) is 14.4. The number of benzene rings is 1. The minimum Gasteiger partial charge on any atom is -0.493 e. The molecule has 1 aromatic carbocycles. The van der Waals surface area contributed by atoms with Gasteiger partial charge in [0.05, 0.1) is 21.3 Å². The monoisotopic (exact) mass is 252 g/mol. The Kier molecular flexibility index (Phi) is 4.22. The lowest BCUT2D eigenvalue weighted by Gasteiger charge is -2.19. The van der Waals surface area contributed by atoms with E-state index in [0.717, 1.165) is 0 Å². The van der Waals surface area contributed by atoms with E-state index in [1.165, 1.54) is 21.3 Å². The van der Waals surface area contributed by atoms with Crippen LogP contribution in [0.15, 0.2) is 12.1 Å². The lowest BCUT2D eigenvalue weighted by atomic mass is 9.86. The maximum absolute atomic E-state index is 12.3. The number of hydrogen-bond acceptors (Lipinski definition) is 4. The molecule has 0 fully saturated rings. The second kappa shape index (κ2) is 5.29. The molecule has 0 amide bonds. The molecule has 100 valence electrons. The van der Waals surface area contributed by atoms with E-state index in [1.807, 2.05) is 20.8 Å². The first-order chi connectivity index (χ1) is 8.35. The zero-order valence-corrected chi connectivity index (χ0v) is 11.8. The molecule has 0 spiro atoms. The Balaban J connectivity index is 3.36. The van der Waals surface area contributed by atoms with Crippen molar-refractivity contribution in [2.45, 2.75) is 20.8 Å². The highest BCUT2D eigenvalue weighted by Crippen LogP contribution is 2.39. The summed E-state index contributed by atoms with van der Waals surface area (Å²) in [7, 11) is 4.59. The maximum Gasteiger partial charge on any atom is 0.203 e. The average Bonchev–Trinajstić information content (AvgIpc) is 2.34. The number of rotatable bonds is 4. The molecule has 0 radical (unpaired) electrons. The molecule has 0 unspecified atom stereocenters. The van der Waals surface area contributed by atoms with Crippen molar-refractivity contribution in [3.63, 3.8) is 0 Å². The summed E-state index contributed by atoms with van der Waals surface area (Å²) < 4.78 is 15.7. The Morgan fingerprint density at radius 1 is 0.944 bits per heavy atom. The van der Waals surface area contributed by atoms with Gasteiger partial charge >= 0.3 is 0 Å². The highest BCUT2D eigenvalue weighted by molar-refractivity contribution is 6.00. The smallest absolute Gasteiger partial charge is 0.203 e. The van der Waals surface area contributed by atoms with Gasteiger partial charge in [0.25, 0.3) is 0 Å². The van der Waals surface area contributed by atoms with Crippen LogP contribution in [0.1, 0.15) is 31.1 Å². The van der Waals surface area contributed by atoms with Gasteiger partial charge in [-0.25, -0.2) is 0 Å². The number of methoxy groups -OCH3 is 3. The third kappa shape index (κ3) is 2.75. The Hall–Kier alpha value is -1.71. The van der Waals surface area contributed by atoms with E-state index in [4.69, 9.17) is 14.2 Å². The summed E-state index contributed by atoms with van der Waals surface area (Å²) in [6, 6.07) is 3.35. The van der Waals surface area contributed by atoms with Crippen LogP contribution in [0.2, 0.25) is 0 Å². The molecule has 0 aliphatic heterocycles. The number of ketones is 1. The van der Waals surface area contributed by atoms with Crippen LogP contribution in [0.5, 0.6) is 17.2 Å². The lowest BCUT2D eigenvalue weighted by Crippen LogP contribution is -2.20. The topological polar surface area (TPSA) is 44.8 Å². The molecule has 18 heavy (non-hydrogen) atoms. The van der Waals surface area contributed by atoms with Gasteiger partial charge in [-0.3, -0.25) is 4.79 Å². The van der Waals surface area contributed by atoms with E-state index in [0.29, 0.717) is 22.8 Å². The first-order valence-electron chi connectivity index (χ1n) is 5.70. The number of Topliss-reactive ketones (excluding diaryl/α,β-unsaturated/α-hetero) is 1. The molecule has 0 aliphatic rings. The van der Waals surface area contributed by atoms with Gasteiger partial charge in [0, 0.05) is 11.0 Å². The van der Waals surface area contributed by atoms with Gasteiger partial charge < -0.3 is 14.2 Å². The fourth-order valence-corrected chi connectivity index (χ4v) is 1.65. The summed E-state index contributed by atoms with van der Waals surface area (Å²) in [6.07, 6.45) is 0. The van der Waals surface area contributed by atoms with Gasteiger partial charge in [-0.2, -0.15) is 0 Å². The molecule has 0 aromatic heterocycles. The molecule has 1 rings (SSSR count). The average molecular weight is 252 g/mol. The molecule has 1 aromatic rings. The van der Waals surface area contributed by atoms with Gasteiger partial charge in [-0.05, 0) is 12.1 Å². The quantitative estimate of drug-likeness (QED) is 0.773. The van der Waals surface area contributed by atoms with Crippen molar-refractivity contribution in [1.29, 1.82) is 0 Å². The normalized spacial score (nSPS) is 11.0. The summed E-state index contributed by atoms with van der Waals surface area (Å²) in [5.41, 5.74) is 0.0990. The Bertz CT molecular complexity index is 419. The molecule has 0 bridgehead atoms. The van der Waals surface area contributed by atoms with E-state index in [1.54, 1.807) is 12.1 Å². The summed E-state index contributed by atoms with van der Waals surface area (Å²) in [5.74, 6) is 1.50. The predicted octanol–water partition coefficient (Wildman–Crippen LogP) is 2.94. The van der Waals surface area contributed by atoms with Crippen molar-refractivity contribution < 1.29 is 19.0 Å². The van der Waals surface area contributed by atoms with Crippen LogP contribution in [0.25, 0.3) is 0 Å². The largest absolute Gasteiger partial charge is 0.493 e. The van der Waals surface area contributed by atoms with Crippen molar-refractivity contribution in [2.24, 2.45) is 5.41 Å². The molecule has 0 saturated heterocycles. The molecule has 0 atom stereocenters. The molecular weight excluding hydrogens is 232 g/mol. The van der Waals surface area contributed by atoms with Crippen LogP contribution in [0.4, 0.5) is 0 Å². The lowest BCUT2D eigenvalue weighted by molar-refractivity contribution is 0.0857. The second-order valence-corrected chi connectivity index (χ2v) is 4.99. The Labute approximate surface area is 108 Å². The molecule has 4 nitrogen and oxygen atoms in total. The molecule has 0 saturated carbocycles. The SMILES string of the molecule is COc1cc(C(=O)C(C)(C)C)cc(OC)c1OC. The fraction of sp³-hybridized carbons (Fsp3) is 0.500. The van der Waals surface area contributed by atoms with Crippen LogP contribution in [0, 0.1) is 5.41 Å².